The molecule has 0 aromatic heterocycles. The number of nitrogens with one attached hydrogen (secondary N) is 2. The fourth-order valence-corrected chi connectivity index (χ4v) is 3.88. The highest BCUT2D eigenvalue weighted by atomic mass is 32.1. The number of rotatable bonds is 4. The van der Waals surface area contributed by atoms with Crippen molar-refractivity contribution in [2.45, 2.75) is 72.8 Å². The van der Waals surface area contributed by atoms with Gasteiger partial charge < -0.3 is 10.6 Å². The lowest BCUT2D eigenvalue weighted by Gasteiger charge is -2.39. The van der Waals surface area contributed by atoms with Gasteiger partial charge in [0.2, 0.25) is 0 Å². The van der Waals surface area contributed by atoms with Crippen LogP contribution in [0.4, 0.5) is 5.69 Å². The number of benzene rings is 1. The molecule has 1 aromatic rings. The van der Waals surface area contributed by atoms with Crippen molar-refractivity contribution in [2.75, 3.05) is 5.32 Å². The van der Waals surface area contributed by atoms with E-state index in [1.165, 1.54) is 43.2 Å². The zero-order valence-corrected chi connectivity index (χ0v) is 16.1. The van der Waals surface area contributed by atoms with Gasteiger partial charge in [-0.25, -0.2) is 0 Å². The van der Waals surface area contributed by atoms with E-state index in [1.54, 1.807) is 0 Å². The molecule has 2 nitrogen and oxygen atoms in total. The van der Waals surface area contributed by atoms with E-state index in [1.807, 2.05) is 0 Å². The minimum Gasteiger partial charge on any atom is -0.360 e. The molecule has 0 amide bonds. The molecule has 1 fully saturated rings. The maximum absolute atomic E-state index is 5.51. The largest absolute Gasteiger partial charge is 0.360 e. The van der Waals surface area contributed by atoms with Crippen LogP contribution in [-0.2, 0) is 0 Å². The molecular formula is C20H32N2S. The first-order chi connectivity index (χ1) is 10.8. The van der Waals surface area contributed by atoms with E-state index < -0.39 is 0 Å². The summed E-state index contributed by atoms with van der Waals surface area (Å²) < 4.78 is 0. The zero-order chi connectivity index (χ0) is 17.0. The predicted octanol–water partition coefficient (Wildman–Crippen LogP) is 5.58. The van der Waals surface area contributed by atoms with Crippen LogP contribution < -0.4 is 10.6 Å². The van der Waals surface area contributed by atoms with E-state index in [2.05, 4.69) is 63.5 Å². The molecule has 0 aliphatic heterocycles. The Morgan fingerprint density at radius 1 is 1.17 bits per heavy atom. The summed E-state index contributed by atoms with van der Waals surface area (Å²) in [6.45, 7) is 11.4. The Labute approximate surface area is 147 Å². The highest BCUT2D eigenvalue weighted by molar-refractivity contribution is 7.80. The normalized spacial score (nSPS) is 21.8. The van der Waals surface area contributed by atoms with Gasteiger partial charge in [-0.15, -0.1) is 0 Å². The third-order valence-corrected chi connectivity index (χ3v) is 5.93. The smallest absolute Gasteiger partial charge is 0.171 e. The van der Waals surface area contributed by atoms with Crippen LogP contribution in [0.5, 0.6) is 0 Å². The monoisotopic (exact) mass is 332 g/mol. The first-order valence-corrected chi connectivity index (χ1v) is 9.37. The molecule has 1 aromatic carbocycles. The van der Waals surface area contributed by atoms with E-state index in [4.69, 9.17) is 12.2 Å². The quantitative estimate of drug-likeness (QED) is 0.703. The lowest BCUT2D eigenvalue weighted by Crippen LogP contribution is -2.41. The van der Waals surface area contributed by atoms with Crippen LogP contribution in [0.2, 0.25) is 0 Å². The van der Waals surface area contributed by atoms with Gasteiger partial charge in [0.15, 0.2) is 5.11 Å². The topological polar surface area (TPSA) is 24.1 Å². The van der Waals surface area contributed by atoms with E-state index in [0.717, 1.165) is 16.7 Å². The molecule has 1 aliphatic carbocycles. The molecular weight excluding hydrogens is 300 g/mol. The first-order valence-electron chi connectivity index (χ1n) is 8.96. The molecule has 23 heavy (non-hydrogen) atoms. The second-order valence-corrected chi connectivity index (χ2v) is 8.22. The molecule has 0 saturated heterocycles. The van der Waals surface area contributed by atoms with Crippen LogP contribution in [0.1, 0.15) is 64.0 Å². The van der Waals surface area contributed by atoms with Crippen molar-refractivity contribution in [3.63, 3.8) is 0 Å². The van der Waals surface area contributed by atoms with Gasteiger partial charge in [-0.3, -0.25) is 0 Å². The van der Waals surface area contributed by atoms with Crippen LogP contribution in [-0.4, -0.2) is 11.2 Å². The summed E-state index contributed by atoms with van der Waals surface area (Å²) in [6, 6.07) is 6.93. The highest BCUT2D eigenvalue weighted by Gasteiger charge is 2.31. The van der Waals surface area contributed by atoms with Crippen molar-refractivity contribution in [2.24, 2.45) is 11.3 Å². The summed E-state index contributed by atoms with van der Waals surface area (Å²) in [5.41, 5.74) is 4.10. The Hall–Kier alpha value is -1.09. The number of hydrogen-bond acceptors (Lipinski definition) is 1. The summed E-state index contributed by atoms with van der Waals surface area (Å²) in [5, 5.41) is 7.64. The molecule has 128 valence electrons. The summed E-state index contributed by atoms with van der Waals surface area (Å²) in [4.78, 5) is 0. The lowest BCUT2D eigenvalue weighted by atomic mass is 9.69. The average Bonchev–Trinajstić information content (AvgIpc) is 2.50. The Morgan fingerprint density at radius 3 is 2.39 bits per heavy atom. The number of aryl methyl sites for hydroxylation is 2. The number of anilines is 1. The zero-order valence-electron chi connectivity index (χ0n) is 15.3. The molecule has 2 N–H and O–H groups in total. The van der Waals surface area contributed by atoms with E-state index >= 15 is 0 Å². The molecule has 0 radical (unpaired) electrons. The van der Waals surface area contributed by atoms with Crippen molar-refractivity contribution in [3.8, 4) is 0 Å². The van der Waals surface area contributed by atoms with Crippen molar-refractivity contribution in [1.82, 2.24) is 5.32 Å². The summed E-state index contributed by atoms with van der Waals surface area (Å²) in [6.07, 6.45) is 6.34. The van der Waals surface area contributed by atoms with Crippen molar-refractivity contribution in [1.29, 1.82) is 0 Å². The van der Waals surface area contributed by atoms with Crippen LogP contribution in [0, 0.1) is 25.2 Å². The van der Waals surface area contributed by atoms with Crippen LogP contribution in [0.3, 0.4) is 0 Å². The third-order valence-electron chi connectivity index (χ3n) is 5.71. The van der Waals surface area contributed by atoms with Gasteiger partial charge >= 0.3 is 0 Å². The van der Waals surface area contributed by atoms with Crippen molar-refractivity contribution < 1.29 is 0 Å². The van der Waals surface area contributed by atoms with E-state index in [9.17, 15) is 0 Å². The lowest BCUT2D eigenvalue weighted by molar-refractivity contribution is 0.141. The Morgan fingerprint density at radius 2 is 1.83 bits per heavy atom. The Bertz CT molecular complexity index is 543. The van der Waals surface area contributed by atoms with Crippen LogP contribution in [0.15, 0.2) is 18.2 Å². The standard InChI is InChI=1S/C20H32N2S/c1-6-20(4,5)16-8-10-17(11-9-16)21-19(23)22-18-12-7-14(2)13-15(18)3/h7,12-13,16-17H,6,8-11H2,1-5H3,(H2,21,22,23). The van der Waals surface area contributed by atoms with Gasteiger partial charge in [-0.05, 0) is 74.7 Å². The minimum absolute atomic E-state index is 0.475. The predicted molar refractivity (Wildman–Crippen MR) is 105 cm³/mol. The second-order valence-electron chi connectivity index (χ2n) is 7.81. The first kappa shape index (κ1) is 18.3. The molecule has 1 aliphatic rings. The maximum Gasteiger partial charge on any atom is 0.171 e. The van der Waals surface area contributed by atoms with Crippen LogP contribution in [0.25, 0.3) is 0 Å². The average molecular weight is 333 g/mol. The van der Waals surface area contributed by atoms with E-state index in [0.29, 0.717) is 11.5 Å². The van der Waals surface area contributed by atoms with Gasteiger partial charge in [0.1, 0.15) is 0 Å². The maximum atomic E-state index is 5.51. The fraction of sp³-hybridized carbons (Fsp3) is 0.650. The fourth-order valence-electron chi connectivity index (χ4n) is 3.61. The summed E-state index contributed by atoms with van der Waals surface area (Å²) in [5.74, 6) is 0.853. The molecule has 0 heterocycles. The molecule has 2 rings (SSSR count). The summed E-state index contributed by atoms with van der Waals surface area (Å²) in [7, 11) is 0. The van der Waals surface area contributed by atoms with Gasteiger partial charge in [-0.2, -0.15) is 0 Å². The Balaban J connectivity index is 1.83. The Kier molecular flexibility index (Phi) is 6.07. The molecule has 3 heteroatoms. The molecule has 0 unspecified atom stereocenters. The van der Waals surface area contributed by atoms with Gasteiger partial charge in [0.25, 0.3) is 0 Å². The molecule has 0 spiro atoms. The van der Waals surface area contributed by atoms with E-state index in [-0.39, 0.29) is 0 Å². The SMILES string of the molecule is CCC(C)(C)C1CCC(NC(=S)Nc2ccc(C)cc2C)CC1. The molecule has 1 saturated carbocycles. The van der Waals surface area contributed by atoms with Gasteiger partial charge in [-0.1, -0.05) is 44.9 Å². The van der Waals surface area contributed by atoms with Gasteiger partial charge in [0.05, 0.1) is 0 Å². The van der Waals surface area contributed by atoms with Gasteiger partial charge in [0, 0.05) is 11.7 Å². The number of hydrogen-bond donors (Lipinski definition) is 2. The van der Waals surface area contributed by atoms with Crippen molar-refractivity contribution in [3.05, 3.63) is 29.3 Å². The van der Waals surface area contributed by atoms with Crippen molar-refractivity contribution >= 4 is 23.0 Å². The minimum atomic E-state index is 0.475. The molecule has 0 bridgehead atoms. The molecule has 0 atom stereocenters. The second kappa shape index (κ2) is 7.65. The third kappa shape index (κ3) is 4.94. The number of thiocarbonyl (C=S) groups is 1. The highest BCUT2D eigenvalue weighted by Crippen LogP contribution is 2.40. The summed E-state index contributed by atoms with van der Waals surface area (Å²) >= 11 is 5.51. The van der Waals surface area contributed by atoms with Crippen LogP contribution >= 0.6 is 12.2 Å².